The second-order valence-corrected chi connectivity index (χ2v) is 6.20. The highest BCUT2D eigenvalue weighted by Crippen LogP contribution is 2.35. The molecule has 1 unspecified atom stereocenters. The summed E-state index contributed by atoms with van der Waals surface area (Å²) in [6.07, 6.45) is -0.483. The van der Waals surface area contributed by atoms with E-state index in [0.717, 1.165) is 19.3 Å². The Labute approximate surface area is 110 Å². The maximum Gasteiger partial charge on any atom is 0.178 e. The van der Waals surface area contributed by atoms with Gasteiger partial charge >= 0.3 is 0 Å². The maximum absolute atomic E-state index is 9.66. The average Bonchev–Trinajstić information content (AvgIpc) is 2.70. The number of benzene rings is 1. The van der Waals surface area contributed by atoms with E-state index in [0.29, 0.717) is 0 Å². The lowest BCUT2D eigenvalue weighted by molar-refractivity contribution is 0.196. The topological polar surface area (TPSA) is 46.0 Å². The van der Waals surface area contributed by atoms with Crippen molar-refractivity contribution in [3.05, 3.63) is 33.7 Å². The second-order valence-electron chi connectivity index (χ2n) is 3.16. The number of nitrogens with zero attached hydrogens (tertiary/aromatic N) is 2. The molecule has 2 aromatic rings. The average molecular weight is 317 g/mol. The van der Waals surface area contributed by atoms with Crippen LogP contribution < -0.4 is 0 Å². The Kier molecular flexibility index (Phi) is 3.96. The summed E-state index contributed by atoms with van der Waals surface area (Å²) in [5.41, 5.74) is 2.60. The van der Waals surface area contributed by atoms with Crippen LogP contribution in [0, 0.1) is 0 Å². The number of rotatable bonds is 3. The number of halogens is 1. The third-order valence-corrected chi connectivity index (χ3v) is 4.31. The monoisotopic (exact) mass is 316 g/mol. The first-order chi connectivity index (χ1) is 7.66. The molecule has 0 aliphatic heterocycles. The molecule has 0 aliphatic rings. The van der Waals surface area contributed by atoms with Gasteiger partial charge in [0.15, 0.2) is 4.34 Å². The van der Waals surface area contributed by atoms with Crippen LogP contribution >= 0.6 is 39.0 Å². The molecule has 1 heterocycles. The highest BCUT2D eigenvalue weighted by molar-refractivity contribution is 9.10. The van der Waals surface area contributed by atoms with Crippen LogP contribution in [-0.2, 0) is 0 Å². The molecule has 1 aromatic carbocycles. The van der Waals surface area contributed by atoms with E-state index < -0.39 is 6.10 Å². The van der Waals surface area contributed by atoms with Crippen LogP contribution in [0.2, 0.25) is 0 Å². The Bertz CT molecular complexity index is 474. The summed E-state index contributed by atoms with van der Waals surface area (Å²) >= 11 is 6.43. The van der Waals surface area contributed by atoms with Crippen molar-refractivity contribution in [3.63, 3.8) is 0 Å². The zero-order valence-corrected chi connectivity index (χ0v) is 11.6. The number of aromatic nitrogens is 2. The molecule has 84 valence electrons. The quantitative estimate of drug-likeness (QED) is 0.941. The summed E-state index contributed by atoms with van der Waals surface area (Å²) in [6.45, 7) is 1.76. The molecule has 16 heavy (non-hydrogen) atoms. The Morgan fingerprint density at radius 1 is 1.50 bits per heavy atom. The van der Waals surface area contributed by atoms with Crippen molar-refractivity contribution >= 4 is 39.0 Å². The standard InChI is InChI=1S/C10H9BrN2OS2/c1-6(14)8-3-2-7(11)4-9(8)16-10-13-12-5-15-10/h2-6,14H,1H3. The molecule has 0 spiro atoms. The predicted octanol–water partition coefficient (Wildman–Crippen LogP) is 3.51. The van der Waals surface area contributed by atoms with E-state index in [2.05, 4.69) is 26.1 Å². The molecule has 0 bridgehead atoms. The van der Waals surface area contributed by atoms with E-state index in [1.165, 1.54) is 23.1 Å². The van der Waals surface area contributed by atoms with E-state index in [9.17, 15) is 5.11 Å². The first-order valence-corrected chi connectivity index (χ1v) is 7.07. The van der Waals surface area contributed by atoms with Crippen LogP contribution in [-0.4, -0.2) is 15.3 Å². The molecule has 2 rings (SSSR count). The molecular weight excluding hydrogens is 308 g/mol. The van der Waals surface area contributed by atoms with Crippen LogP contribution in [0.4, 0.5) is 0 Å². The van der Waals surface area contributed by atoms with Gasteiger partial charge in [-0.15, -0.1) is 10.2 Å². The first-order valence-electron chi connectivity index (χ1n) is 4.58. The molecule has 3 nitrogen and oxygen atoms in total. The highest BCUT2D eigenvalue weighted by Gasteiger charge is 2.11. The fourth-order valence-corrected chi connectivity index (χ4v) is 3.44. The van der Waals surface area contributed by atoms with Crippen molar-refractivity contribution in [3.8, 4) is 0 Å². The van der Waals surface area contributed by atoms with Gasteiger partial charge in [0, 0.05) is 9.37 Å². The van der Waals surface area contributed by atoms with Gasteiger partial charge in [-0.2, -0.15) is 0 Å². The van der Waals surface area contributed by atoms with Gasteiger partial charge in [-0.1, -0.05) is 45.1 Å². The Morgan fingerprint density at radius 3 is 2.94 bits per heavy atom. The van der Waals surface area contributed by atoms with E-state index in [4.69, 9.17) is 0 Å². The molecule has 1 aromatic heterocycles. The molecule has 0 fully saturated rings. The minimum atomic E-state index is -0.483. The number of aliphatic hydroxyl groups excluding tert-OH is 1. The molecule has 0 aliphatic carbocycles. The zero-order valence-electron chi connectivity index (χ0n) is 8.42. The molecule has 0 saturated carbocycles. The summed E-state index contributed by atoms with van der Waals surface area (Å²) < 4.78 is 1.86. The molecule has 0 amide bonds. The van der Waals surface area contributed by atoms with Crippen LogP contribution in [0.5, 0.6) is 0 Å². The lowest BCUT2D eigenvalue weighted by Gasteiger charge is -2.10. The Morgan fingerprint density at radius 2 is 2.31 bits per heavy atom. The van der Waals surface area contributed by atoms with Crippen LogP contribution in [0.1, 0.15) is 18.6 Å². The van der Waals surface area contributed by atoms with Gasteiger partial charge in [-0.3, -0.25) is 0 Å². The summed E-state index contributed by atoms with van der Waals surface area (Å²) in [4.78, 5) is 1.00. The second kappa shape index (κ2) is 5.27. The van der Waals surface area contributed by atoms with Crippen molar-refractivity contribution in [1.82, 2.24) is 10.2 Å². The summed E-state index contributed by atoms with van der Waals surface area (Å²) in [5, 5.41) is 17.4. The van der Waals surface area contributed by atoms with Crippen molar-refractivity contribution in [2.24, 2.45) is 0 Å². The zero-order chi connectivity index (χ0) is 11.5. The molecule has 6 heteroatoms. The highest BCUT2D eigenvalue weighted by atomic mass is 79.9. The normalized spacial score (nSPS) is 12.7. The van der Waals surface area contributed by atoms with E-state index in [1.54, 1.807) is 12.4 Å². The molecule has 1 N–H and O–H groups in total. The smallest absolute Gasteiger partial charge is 0.178 e. The van der Waals surface area contributed by atoms with Gasteiger partial charge in [0.1, 0.15) is 5.51 Å². The third-order valence-electron chi connectivity index (χ3n) is 1.96. The van der Waals surface area contributed by atoms with E-state index >= 15 is 0 Å². The van der Waals surface area contributed by atoms with E-state index in [1.807, 2.05) is 18.2 Å². The van der Waals surface area contributed by atoms with Crippen molar-refractivity contribution in [2.75, 3.05) is 0 Å². The maximum atomic E-state index is 9.66. The third kappa shape index (κ3) is 2.82. The van der Waals surface area contributed by atoms with Crippen molar-refractivity contribution < 1.29 is 5.11 Å². The summed E-state index contributed by atoms with van der Waals surface area (Å²) in [5.74, 6) is 0. The minimum Gasteiger partial charge on any atom is -0.389 e. The Hall–Kier alpha value is -0.430. The predicted molar refractivity (Wildman–Crippen MR) is 68.8 cm³/mol. The summed E-state index contributed by atoms with van der Waals surface area (Å²) in [7, 11) is 0. The molecular formula is C10H9BrN2OS2. The minimum absolute atomic E-state index is 0.483. The fraction of sp³-hybridized carbons (Fsp3) is 0.200. The van der Waals surface area contributed by atoms with Gasteiger partial charge < -0.3 is 5.11 Å². The first kappa shape index (κ1) is 12.0. The van der Waals surface area contributed by atoms with Gasteiger partial charge in [-0.05, 0) is 24.6 Å². The Balaban J connectivity index is 2.34. The number of aliphatic hydroxyl groups is 1. The molecule has 1 atom stereocenters. The largest absolute Gasteiger partial charge is 0.389 e. The van der Waals surface area contributed by atoms with Crippen molar-refractivity contribution in [2.45, 2.75) is 22.3 Å². The van der Waals surface area contributed by atoms with Gasteiger partial charge in [0.2, 0.25) is 0 Å². The molecule has 0 saturated heterocycles. The summed E-state index contributed by atoms with van der Waals surface area (Å²) in [6, 6.07) is 5.82. The molecule has 0 radical (unpaired) electrons. The lowest BCUT2D eigenvalue weighted by atomic mass is 10.1. The lowest BCUT2D eigenvalue weighted by Crippen LogP contribution is -1.93. The van der Waals surface area contributed by atoms with Crippen molar-refractivity contribution in [1.29, 1.82) is 0 Å². The SMILES string of the molecule is CC(O)c1ccc(Br)cc1Sc1nncs1. The van der Waals surface area contributed by atoms with Crippen LogP contribution in [0.25, 0.3) is 0 Å². The fourth-order valence-electron chi connectivity index (χ4n) is 1.24. The number of hydrogen-bond acceptors (Lipinski definition) is 5. The van der Waals surface area contributed by atoms with Crippen LogP contribution in [0.3, 0.4) is 0 Å². The van der Waals surface area contributed by atoms with Gasteiger partial charge in [0.05, 0.1) is 6.10 Å². The number of hydrogen-bond donors (Lipinski definition) is 1. The van der Waals surface area contributed by atoms with E-state index in [-0.39, 0.29) is 0 Å². The van der Waals surface area contributed by atoms with Gasteiger partial charge in [0.25, 0.3) is 0 Å². The van der Waals surface area contributed by atoms with Gasteiger partial charge in [-0.25, -0.2) is 0 Å². The van der Waals surface area contributed by atoms with Crippen LogP contribution in [0.15, 0.2) is 37.4 Å².